The molecule has 0 bridgehead atoms. The molecule has 1 aliphatic rings. The molecule has 1 atom stereocenters. The van der Waals surface area contributed by atoms with Gasteiger partial charge in [0, 0.05) is 0 Å². The van der Waals surface area contributed by atoms with E-state index in [1.807, 2.05) is 0 Å². The monoisotopic (exact) mass is 272 g/mol. The molecule has 19 heavy (non-hydrogen) atoms. The Morgan fingerprint density at radius 1 is 1.26 bits per heavy atom. The van der Waals surface area contributed by atoms with Gasteiger partial charge in [0.2, 0.25) is 0 Å². The number of hydrazine groups is 1. The number of hydrogen-bond donors (Lipinski definition) is 2. The fourth-order valence-electron chi connectivity index (χ4n) is 2.97. The van der Waals surface area contributed by atoms with Crippen LogP contribution in [0.5, 0.6) is 0 Å². The number of nitrogens with one attached hydrogen (secondary N) is 1. The minimum atomic E-state index is 0.214. The van der Waals surface area contributed by atoms with Crippen LogP contribution in [0.25, 0.3) is 0 Å². The lowest BCUT2D eigenvalue weighted by Gasteiger charge is -2.17. The van der Waals surface area contributed by atoms with Crippen LogP contribution in [0.1, 0.15) is 40.3 Å². The van der Waals surface area contributed by atoms with E-state index in [0.29, 0.717) is 0 Å². The molecule has 1 aromatic carbocycles. The molecule has 0 saturated heterocycles. The fraction of sp³-hybridized carbons (Fsp3) is 0.375. The number of benzene rings is 1. The van der Waals surface area contributed by atoms with Crippen molar-refractivity contribution >= 4 is 11.3 Å². The van der Waals surface area contributed by atoms with Crippen molar-refractivity contribution in [2.45, 2.75) is 38.6 Å². The topological polar surface area (TPSA) is 38.0 Å². The molecule has 1 heterocycles. The molecule has 0 aliphatic heterocycles. The van der Waals surface area contributed by atoms with Crippen molar-refractivity contribution in [1.29, 1.82) is 0 Å². The van der Waals surface area contributed by atoms with Crippen molar-refractivity contribution in [1.82, 2.24) is 5.43 Å². The summed E-state index contributed by atoms with van der Waals surface area (Å²) in [6.45, 7) is 2.15. The zero-order chi connectivity index (χ0) is 13.2. The third-order valence-corrected chi connectivity index (χ3v) is 4.95. The SMILES string of the molecule is Cc1cscc1C(Cc1ccc2c(c1)CCC2)NN. The predicted octanol–water partition coefficient (Wildman–Crippen LogP) is 3.29. The van der Waals surface area contributed by atoms with Crippen LogP contribution in [0.2, 0.25) is 0 Å². The van der Waals surface area contributed by atoms with Crippen molar-refractivity contribution in [3.63, 3.8) is 0 Å². The van der Waals surface area contributed by atoms with E-state index in [4.69, 9.17) is 5.84 Å². The average molecular weight is 272 g/mol. The van der Waals surface area contributed by atoms with Gasteiger partial charge in [0.15, 0.2) is 0 Å². The van der Waals surface area contributed by atoms with Crippen LogP contribution in [-0.4, -0.2) is 0 Å². The molecule has 1 aromatic heterocycles. The summed E-state index contributed by atoms with van der Waals surface area (Å²) in [4.78, 5) is 0. The molecule has 3 N–H and O–H groups in total. The van der Waals surface area contributed by atoms with Crippen molar-refractivity contribution in [3.05, 3.63) is 56.8 Å². The van der Waals surface area contributed by atoms with E-state index >= 15 is 0 Å². The maximum atomic E-state index is 5.75. The second-order valence-electron chi connectivity index (χ2n) is 5.39. The quantitative estimate of drug-likeness (QED) is 0.662. The Morgan fingerprint density at radius 2 is 2.11 bits per heavy atom. The highest BCUT2D eigenvalue weighted by atomic mass is 32.1. The lowest BCUT2D eigenvalue weighted by molar-refractivity contribution is 0.551. The number of rotatable bonds is 4. The minimum Gasteiger partial charge on any atom is -0.271 e. The van der Waals surface area contributed by atoms with Crippen molar-refractivity contribution < 1.29 is 0 Å². The summed E-state index contributed by atoms with van der Waals surface area (Å²) in [5.41, 5.74) is 10.1. The zero-order valence-electron chi connectivity index (χ0n) is 11.3. The smallest absolute Gasteiger partial charge is 0.0511 e. The van der Waals surface area contributed by atoms with E-state index in [1.165, 1.54) is 47.1 Å². The average Bonchev–Trinajstić information content (AvgIpc) is 3.04. The second-order valence-corrected chi connectivity index (χ2v) is 6.13. The Morgan fingerprint density at radius 3 is 2.84 bits per heavy atom. The maximum absolute atomic E-state index is 5.75. The Bertz CT molecular complexity index is 574. The molecular formula is C16H20N2S. The molecule has 0 fully saturated rings. The largest absolute Gasteiger partial charge is 0.271 e. The van der Waals surface area contributed by atoms with Crippen LogP contribution < -0.4 is 11.3 Å². The van der Waals surface area contributed by atoms with Crippen molar-refractivity contribution in [2.24, 2.45) is 5.84 Å². The first-order valence-corrected chi connectivity index (χ1v) is 7.81. The second kappa shape index (κ2) is 5.45. The molecule has 0 saturated carbocycles. The van der Waals surface area contributed by atoms with E-state index in [0.717, 1.165) is 6.42 Å². The highest BCUT2D eigenvalue weighted by Gasteiger charge is 2.16. The summed E-state index contributed by atoms with van der Waals surface area (Å²) in [5, 5.41) is 4.38. The van der Waals surface area contributed by atoms with E-state index in [1.54, 1.807) is 11.3 Å². The van der Waals surface area contributed by atoms with Gasteiger partial charge in [-0.2, -0.15) is 11.3 Å². The first kappa shape index (κ1) is 12.9. The molecule has 3 heteroatoms. The van der Waals surface area contributed by atoms with E-state index in [2.05, 4.69) is 41.3 Å². The predicted molar refractivity (Wildman–Crippen MR) is 81.3 cm³/mol. The summed E-state index contributed by atoms with van der Waals surface area (Å²) < 4.78 is 0. The molecule has 1 unspecified atom stereocenters. The van der Waals surface area contributed by atoms with Crippen LogP contribution >= 0.6 is 11.3 Å². The van der Waals surface area contributed by atoms with E-state index in [9.17, 15) is 0 Å². The van der Waals surface area contributed by atoms with Gasteiger partial charge in [0.25, 0.3) is 0 Å². The maximum Gasteiger partial charge on any atom is 0.0511 e. The van der Waals surface area contributed by atoms with Gasteiger partial charge in [0.05, 0.1) is 6.04 Å². The van der Waals surface area contributed by atoms with Gasteiger partial charge in [-0.3, -0.25) is 11.3 Å². The van der Waals surface area contributed by atoms with Crippen LogP contribution in [0.15, 0.2) is 29.0 Å². The number of aryl methyl sites for hydroxylation is 3. The molecule has 1 aliphatic carbocycles. The van der Waals surface area contributed by atoms with Gasteiger partial charge in [-0.15, -0.1) is 0 Å². The van der Waals surface area contributed by atoms with Crippen molar-refractivity contribution in [3.8, 4) is 0 Å². The first-order valence-electron chi connectivity index (χ1n) is 6.87. The number of nitrogens with two attached hydrogens (primary N) is 1. The molecule has 2 aromatic rings. The van der Waals surface area contributed by atoms with E-state index in [-0.39, 0.29) is 6.04 Å². The first-order chi connectivity index (χ1) is 9.28. The van der Waals surface area contributed by atoms with Gasteiger partial charge < -0.3 is 0 Å². The number of hydrogen-bond acceptors (Lipinski definition) is 3. The normalized spacial score (nSPS) is 15.5. The summed E-state index contributed by atoms with van der Waals surface area (Å²) in [6.07, 6.45) is 4.75. The summed E-state index contributed by atoms with van der Waals surface area (Å²) in [6, 6.07) is 7.14. The van der Waals surface area contributed by atoms with Gasteiger partial charge in [-0.1, -0.05) is 18.2 Å². The third-order valence-electron chi connectivity index (χ3n) is 4.07. The van der Waals surface area contributed by atoms with Gasteiger partial charge in [0.1, 0.15) is 0 Å². The molecule has 0 radical (unpaired) electrons. The van der Waals surface area contributed by atoms with Gasteiger partial charge >= 0.3 is 0 Å². The standard InChI is InChI=1S/C16H20N2S/c1-11-9-19-10-15(11)16(18-17)8-12-5-6-13-3-2-4-14(13)7-12/h5-7,9-10,16,18H,2-4,8,17H2,1H3. The number of fused-ring (bicyclic) bond motifs is 1. The molecule has 2 nitrogen and oxygen atoms in total. The van der Waals surface area contributed by atoms with E-state index < -0.39 is 0 Å². The summed E-state index contributed by atoms with van der Waals surface area (Å²) >= 11 is 1.75. The van der Waals surface area contributed by atoms with Crippen molar-refractivity contribution in [2.75, 3.05) is 0 Å². The molecule has 0 amide bonds. The third kappa shape index (κ3) is 2.59. The molecule has 3 rings (SSSR count). The minimum absolute atomic E-state index is 0.214. The molecule has 0 spiro atoms. The summed E-state index contributed by atoms with van der Waals surface area (Å²) in [5.74, 6) is 5.75. The Hall–Kier alpha value is -1.16. The van der Waals surface area contributed by atoms with Crippen LogP contribution in [0.3, 0.4) is 0 Å². The van der Waals surface area contributed by atoms with Gasteiger partial charge in [-0.25, -0.2) is 0 Å². The highest BCUT2D eigenvalue weighted by Crippen LogP contribution is 2.27. The lowest BCUT2D eigenvalue weighted by Crippen LogP contribution is -2.29. The Balaban J connectivity index is 1.81. The summed E-state index contributed by atoms with van der Waals surface area (Å²) in [7, 11) is 0. The molecule has 100 valence electrons. The zero-order valence-corrected chi connectivity index (χ0v) is 12.1. The highest BCUT2D eigenvalue weighted by molar-refractivity contribution is 7.08. The Labute approximate surface area is 118 Å². The van der Waals surface area contributed by atoms with Gasteiger partial charge in [-0.05, 0) is 71.2 Å². The Kier molecular flexibility index (Phi) is 3.69. The van der Waals surface area contributed by atoms with Crippen LogP contribution in [0, 0.1) is 6.92 Å². The number of thiophene rings is 1. The van der Waals surface area contributed by atoms with Crippen LogP contribution in [0.4, 0.5) is 0 Å². The lowest BCUT2D eigenvalue weighted by atomic mass is 9.97. The fourth-order valence-corrected chi connectivity index (χ4v) is 3.88. The van der Waals surface area contributed by atoms with Crippen LogP contribution in [-0.2, 0) is 19.3 Å². The molecular weight excluding hydrogens is 252 g/mol.